The highest BCUT2D eigenvalue weighted by Crippen LogP contribution is 2.12. The number of hydrogen-bond acceptors (Lipinski definition) is 5. The molecule has 0 aliphatic rings. The maximum atomic E-state index is 11.6. The Bertz CT molecular complexity index is 819. The molecular formula is C17H19NO3S2. The number of thiazole rings is 1. The lowest BCUT2D eigenvalue weighted by molar-refractivity contribution is -0.135. The van der Waals surface area contributed by atoms with Gasteiger partial charge in [0.05, 0.1) is 23.1 Å². The van der Waals surface area contributed by atoms with E-state index in [1.165, 1.54) is 17.4 Å². The third kappa shape index (κ3) is 5.33. The summed E-state index contributed by atoms with van der Waals surface area (Å²) in [4.78, 5) is 14.6. The molecule has 0 fully saturated rings. The van der Waals surface area contributed by atoms with E-state index >= 15 is 0 Å². The van der Waals surface area contributed by atoms with Gasteiger partial charge in [-0.2, -0.15) is 0 Å². The molecule has 2 aromatic rings. The van der Waals surface area contributed by atoms with Crippen molar-refractivity contribution in [2.24, 2.45) is 0 Å². The number of rotatable bonds is 6. The Morgan fingerprint density at radius 3 is 2.70 bits per heavy atom. The zero-order chi connectivity index (χ0) is 16.7. The van der Waals surface area contributed by atoms with E-state index in [4.69, 9.17) is 21.7 Å². The fraction of sp³-hybridized carbons (Fsp3) is 0.294. The van der Waals surface area contributed by atoms with Gasteiger partial charge in [-0.15, -0.1) is 11.3 Å². The third-order valence-corrected chi connectivity index (χ3v) is 4.10. The van der Waals surface area contributed by atoms with Crippen LogP contribution in [-0.4, -0.2) is 24.2 Å². The molecule has 0 atom stereocenters. The summed E-state index contributed by atoms with van der Waals surface area (Å²) in [6.45, 7) is 4.90. The number of ether oxygens (including phenoxy) is 2. The smallest absolute Gasteiger partial charge is 0.332 e. The van der Waals surface area contributed by atoms with Gasteiger partial charge in [0.15, 0.2) is 3.95 Å². The van der Waals surface area contributed by atoms with Crippen molar-refractivity contribution in [1.29, 1.82) is 0 Å². The Kier molecular flexibility index (Phi) is 6.55. The molecule has 122 valence electrons. The zero-order valence-corrected chi connectivity index (χ0v) is 14.8. The standard InChI is InChI=1S/C17H19NO3S2/c1-3-9-21-13-7-5-12(6-8-13)10-15-14(18-17(22)23-15)11-16(19)20-4-2/h5-8,10-11H,3-4,9H2,1-2H3,(H,18,22)/b14-11-,15-10-. The second kappa shape index (κ2) is 8.64. The number of esters is 1. The average Bonchev–Trinajstić information content (AvgIpc) is 2.86. The lowest BCUT2D eigenvalue weighted by atomic mass is 10.2. The molecule has 0 bridgehead atoms. The van der Waals surface area contributed by atoms with Crippen LogP contribution in [-0.2, 0) is 9.53 Å². The van der Waals surface area contributed by atoms with Crippen LogP contribution in [0.2, 0.25) is 0 Å². The fourth-order valence-electron chi connectivity index (χ4n) is 1.90. The molecule has 1 N–H and O–H groups in total. The van der Waals surface area contributed by atoms with Crippen molar-refractivity contribution in [1.82, 2.24) is 4.98 Å². The van der Waals surface area contributed by atoms with Crippen molar-refractivity contribution in [2.75, 3.05) is 13.2 Å². The molecule has 1 heterocycles. The minimum absolute atomic E-state index is 0.346. The first-order valence-corrected chi connectivity index (χ1v) is 8.67. The number of nitrogens with one attached hydrogen (secondary N) is 1. The number of carbonyl (C=O) groups excluding carboxylic acids is 1. The molecule has 4 nitrogen and oxygen atoms in total. The maximum absolute atomic E-state index is 11.6. The number of aromatic amines is 1. The topological polar surface area (TPSA) is 51.3 Å². The lowest BCUT2D eigenvalue weighted by Gasteiger charge is -2.03. The van der Waals surface area contributed by atoms with Gasteiger partial charge in [0.1, 0.15) is 5.75 Å². The summed E-state index contributed by atoms with van der Waals surface area (Å²) in [7, 11) is 0. The van der Waals surface area contributed by atoms with Crippen LogP contribution in [0.5, 0.6) is 5.75 Å². The van der Waals surface area contributed by atoms with Crippen LogP contribution in [0.3, 0.4) is 0 Å². The highest BCUT2D eigenvalue weighted by molar-refractivity contribution is 7.73. The van der Waals surface area contributed by atoms with E-state index in [1.807, 2.05) is 30.3 Å². The van der Waals surface area contributed by atoms with Crippen LogP contribution in [0.25, 0.3) is 12.2 Å². The van der Waals surface area contributed by atoms with E-state index in [9.17, 15) is 4.79 Å². The van der Waals surface area contributed by atoms with Crippen molar-refractivity contribution in [3.8, 4) is 5.75 Å². The van der Waals surface area contributed by atoms with Crippen LogP contribution < -0.4 is 14.6 Å². The summed E-state index contributed by atoms with van der Waals surface area (Å²) < 4.78 is 12.0. The predicted molar refractivity (Wildman–Crippen MR) is 95.6 cm³/mol. The number of aromatic nitrogens is 1. The summed E-state index contributed by atoms with van der Waals surface area (Å²) in [5.74, 6) is 0.471. The maximum Gasteiger partial charge on any atom is 0.332 e. The van der Waals surface area contributed by atoms with E-state index in [-0.39, 0.29) is 5.97 Å². The minimum Gasteiger partial charge on any atom is -0.494 e. The quantitative estimate of drug-likeness (QED) is 0.644. The lowest BCUT2D eigenvalue weighted by Crippen LogP contribution is -2.23. The van der Waals surface area contributed by atoms with E-state index < -0.39 is 0 Å². The summed E-state index contributed by atoms with van der Waals surface area (Å²) in [6.07, 6.45) is 4.39. The fourth-order valence-corrected chi connectivity index (χ4v) is 3.05. The van der Waals surface area contributed by atoms with Gasteiger partial charge in [0.25, 0.3) is 0 Å². The summed E-state index contributed by atoms with van der Waals surface area (Å²) in [5.41, 5.74) is 1.01. The van der Waals surface area contributed by atoms with Crippen LogP contribution in [0.15, 0.2) is 24.3 Å². The first-order valence-electron chi connectivity index (χ1n) is 7.44. The van der Waals surface area contributed by atoms with Crippen LogP contribution >= 0.6 is 23.6 Å². The summed E-state index contributed by atoms with van der Waals surface area (Å²) in [5, 5.41) is 0.671. The second-order valence-corrected chi connectivity index (χ2v) is 6.47. The Morgan fingerprint density at radius 1 is 1.30 bits per heavy atom. The number of carbonyl (C=O) groups is 1. The number of H-pyrrole nitrogens is 1. The van der Waals surface area contributed by atoms with Gasteiger partial charge < -0.3 is 14.5 Å². The Morgan fingerprint density at radius 2 is 2.04 bits per heavy atom. The van der Waals surface area contributed by atoms with Gasteiger partial charge >= 0.3 is 5.97 Å². The zero-order valence-electron chi connectivity index (χ0n) is 13.1. The first-order chi connectivity index (χ1) is 11.1. The van der Waals surface area contributed by atoms with Crippen molar-refractivity contribution in [3.63, 3.8) is 0 Å². The molecule has 23 heavy (non-hydrogen) atoms. The van der Waals surface area contributed by atoms with Gasteiger partial charge in [-0.05, 0) is 49.3 Å². The molecule has 0 aliphatic heterocycles. The number of hydrogen-bond donors (Lipinski definition) is 1. The molecular weight excluding hydrogens is 330 g/mol. The SMILES string of the molecule is CCCOc1ccc(/C=c2\sc(=S)[nH]\c2=C/C(=O)OCC)cc1. The van der Waals surface area contributed by atoms with Gasteiger partial charge in [-0.25, -0.2) is 4.79 Å². The normalized spacial score (nSPS) is 12.4. The summed E-state index contributed by atoms with van der Waals surface area (Å²) >= 11 is 6.59. The van der Waals surface area contributed by atoms with Gasteiger partial charge in [0, 0.05) is 6.08 Å². The Balaban J connectivity index is 2.32. The van der Waals surface area contributed by atoms with E-state index in [2.05, 4.69) is 11.9 Å². The highest BCUT2D eigenvalue weighted by atomic mass is 32.1. The van der Waals surface area contributed by atoms with Gasteiger partial charge in [0.2, 0.25) is 0 Å². The molecule has 1 aromatic carbocycles. The molecule has 6 heteroatoms. The molecule has 0 saturated carbocycles. The monoisotopic (exact) mass is 349 g/mol. The first kappa shape index (κ1) is 17.4. The van der Waals surface area contributed by atoms with Crippen molar-refractivity contribution < 1.29 is 14.3 Å². The molecule has 0 spiro atoms. The van der Waals surface area contributed by atoms with Gasteiger partial charge in [-0.1, -0.05) is 19.1 Å². The largest absolute Gasteiger partial charge is 0.494 e. The number of benzene rings is 1. The third-order valence-electron chi connectivity index (χ3n) is 2.90. The molecule has 2 rings (SSSR count). The molecule has 0 amide bonds. The second-order valence-electron chi connectivity index (χ2n) is 4.75. The Hall–Kier alpha value is -1.92. The molecule has 0 aliphatic carbocycles. The molecule has 0 unspecified atom stereocenters. The highest BCUT2D eigenvalue weighted by Gasteiger charge is 1.99. The Labute approximate surface area is 144 Å². The van der Waals surface area contributed by atoms with Crippen molar-refractivity contribution in [2.45, 2.75) is 20.3 Å². The van der Waals surface area contributed by atoms with Crippen LogP contribution in [0.1, 0.15) is 25.8 Å². The van der Waals surface area contributed by atoms with Crippen molar-refractivity contribution >= 4 is 41.7 Å². The minimum atomic E-state index is -0.380. The molecule has 1 aromatic heterocycles. The van der Waals surface area contributed by atoms with Gasteiger partial charge in [-0.3, -0.25) is 0 Å². The average molecular weight is 349 g/mol. The predicted octanol–water partition coefficient (Wildman–Crippen LogP) is 2.77. The van der Waals surface area contributed by atoms with Crippen molar-refractivity contribution in [3.05, 3.63) is 43.7 Å². The van der Waals surface area contributed by atoms with Crippen LogP contribution in [0, 0.1) is 3.95 Å². The van der Waals surface area contributed by atoms with Crippen LogP contribution in [0.4, 0.5) is 0 Å². The molecule has 0 radical (unpaired) electrons. The van der Waals surface area contributed by atoms with E-state index in [1.54, 1.807) is 6.92 Å². The summed E-state index contributed by atoms with van der Waals surface area (Å²) in [6, 6.07) is 7.81. The van der Waals surface area contributed by atoms with E-state index in [0.717, 1.165) is 22.3 Å². The van der Waals surface area contributed by atoms with E-state index in [0.29, 0.717) is 22.5 Å². The molecule has 0 saturated heterocycles.